The monoisotopic (exact) mass is 312 g/mol. The molecule has 0 amide bonds. The van der Waals surface area contributed by atoms with E-state index in [-0.39, 0.29) is 11.4 Å². The summed E-state index contributed by atoms with van der Waals surface area (Å²) >= 11 is 0. The van der Waals surface area contributed by atoms with Gasteiger partial charge in [0.15, 0.2) is 0 Å². The molecule has 0 unspecified atom stereocenters. The van der Waals surface area contributed by atoms with E-state index in [0.29, 0.717) is 0 Å². The van der Waals surface area contributed by atoms with Crippen molar-refractivity contribution in [2.75, 3.05) is 0 Å². The van der Waals surface area contributed by atoms with Gasteiger partial charge in [-0.15, -0.1) is 0 Å². The van der Waals surface area contributed by atoms with Gasteiger partial charge >= 0.3 is 0 Å². The smallest absolute Gasteiger partial charge is 0.253 e. The van der Waals surface area contributed by atoms with Gasteiger partial charge in [0, 0.05) is 23.2 Å². The van der Waals surface area contributed by atoms with Crippen molar-refractivity contribution in [3.63, 3.8) is 0 Å². The summed E-state index contributed by atoms with van der Waals surface area (Å²) in [6.45, 7) is 0. The Kier molecular flexibility index (Phi) is 3.35. The fourth-order valence-electron chi connectivity index (χ4n) is 2.65. The highest BCUT2D eigenvalue weighted by Gasteiger charge is 2.21. The van der Waals surface area contributed by atoms with Gasteiger partial charge in [0.1, 0.15) is 11.4 Å². The van der Waals surface area contributed by atoms with Crippen LogP contribution in [0.2, 0.25) is 0 Å². The van der Waals surface area contributed by atoms with E-state index in [9.17, 15) is 9.59 Å². The second-order valence-electron chi connectivity index (χ2n) is 5.49. The molecule has 0 fully saturated rings. The highest BCUT2D eigenvalue weighted by atomic mass is 16.2. The van der Waals surface area contributed by atoms with Gasteiger partial charge in [-0.2, -0.15) is 0 Å². The van der Waals surface area contributed by atoms with Gasteiger partial charge in [-0.3, -0.25) is 19.6 Å². The summed E-state index contributed by atoms with van der Waals surface area (Å²) in [4.78, 5) is 33.2. The number of hydrogen-bond acceptors (Lipinski definition) is 4. The second kappa shape index (κ2) is 5.66. The maximum Gasteiger partial charge on any atom is 0.253 e. The molecule has 0 atom stereocenters. The van der Waals surface area contributed by atoms with Gasteiger partial charge in [0.25, 0.3) is 11.6 Å². The van der Waals surface area contributed by atoms with Crippen LogP contribution in [-0.2, 0) is 0 Å². The minimum Gasteiger partial charge on any atom is -0.283 e. The summed E-state index contributed by atoms with van der Waals surface area (Å²) in [6, 6.07) is 18.4. The Balaban J connectivity index is 1.72. The van der Waals surface area contributed by atoms with E-state index in [4.69, 9.17) is 0 Å². The van der Waals surface area contributed by atoms with Crippen LogP contribution in [-0.4, -0.2) is 21.5 Å². The molecular weight excluding hydrogens is 300 g/mol. The number of ketones is 2. The Morgan fingerprint density at radius 1 is 0.583 bits per heavy atom. The third kappa shape index (κ3) is 2.44. The number of nitrogens with zero attached hydrogens (tertiary/aromatic N) is 2. The molecule has 24 heavy (non-hydrogen) atoms. The van der Waals surface area contributed by atoms with Crippen LogP contribution >= 0.6 is 0 Å². The molecule has 0 bridgehead atoms. The number of carbonyl (C=O) groups excluding carboxylic acids is 2. The number of rotatable bonds is 3. The van der Waals surface area contributed by atoms with Gasteiger partial charge < -0.3 is 0 Å². The Hall–Kier alpha value is -3.40. The van der Waals surface area contributed by atoms with Crippen LogP contribution in [0.1, 0.15) is 21.0 Å². The van der Waals surface area contributed by atoms with E-state index < -0.39 is 11.6 Å². The van der Waals surface area contributed by atoms with Crippen molar-refractivity contribution in [2.24, 2.45) is 0 Å². The lowest BCUT2D eigenvalue weighted by atomic mass is 10.1. The Morgan fingerprint density at radius 3 is 1.38 bits per heavy atom. The summed E-state index contributed by atoms with van der Waals surface area (Å²) < 4.78 is 0. The lowest BCUT2D eigenvalue weighted by molar-refractivity contribution is 0.0811. The summed E-state index contributed by atoms with van der Waals surface area (Å²) in [5.41, 5.74) is 0.266. The van der Waals surface area contributed by atoms with Crippen molar-refractivity contribution >= 4 is 33.1 Å². The molecule has 2 aromatic heterocycles. The molecule has 4 rings (SSSR count). The molecule has 0 saturated heterocycles. The predicted molar refractivity (Wildman–Crippen MR) is 92.1 cm³/mol. The molecule has 0 aliphatic rings. The topological polar surface area (TPSA) is 59.9 Å². The van der Waals surface area contributed by atoms with Crippen molar-refractivity contribution < 1.29 is 9.59 Å². The van der Waals surface area contributed by atoms with Crippen LogP contribution in [0.5, 0.6) is 0 Å². The first-order valence-corrected chi connectivity index (χ1v) is 7.51. The number of fused-ring (bicyclic) bond motifs is 2. The molecule has 114 valence electrons. The van der Waals surface area contributed by atoms with Crippen LogP contribution in [0.3, 0.4) is 0 Å². The SMILES string of the molecule is O=C(C(=O)c1cc2ccccc2cn1)c1cc2ccccc2cn1. The number of pyridine rings is 2. The molecular formula is C20H12N2O2. The molecule has 0 saturated carbocycles. The summed E-state index contributed by atoms with van der Waals surface area (Å²) in [5, 5.41) is 3.58. The first-order chi connectivity index (χ1) is 11.7. The van der Waals surface area contributed by atoms with Crippen LogP contribution in [0.15, 0.2) is 73.1 Å². The van der Waals surface area contributed by atoms with Crippen LogP contribution in [0.4, 0.5) is 0 Å². The normalized spacial score (nSPS) is 10.8. The highest BCUT2D eigenvalue weighted by Crippen LogP contribution is 2.17. The van der Waals surface area contributed by atoms with E-state index >= 15 is 0 Å². The maximum atomic E-state index is 12.5. The second-order valence-corrected chi connectivity index (χ2v) is 5.49. The average Bonchev–Trinajstić information content (AvgIpc) is 2.66. The molecule has 0 aliphatic heterocycles. The van der Waals surface area contributed by atoms with Crippen molar-refractivity contribution in [1.82, 2.24) is 9.97 Å². The molecule has 2 heterocycles. The van der Waals surface area contributed by atoms with Crippen molar-refractivity contribution in [3.8, 4) is 0 Å². The number of Topliss-reactive ketones (excluding diaryl/α,β-unsaturated/α-hetero) is 2. The van der Waals surface area contributed by atoms with E-state index in [2.05, 4.69) is 9.97 Å². The maximum absolute atomic E-state index is 12.5. The van der Waals surface area contributed by atoms with Gasteiger partial charge in [0.2, 0.25) is 0 Å². The number of hydrogen-bond donors (Lipinski definition) is 0. The van der Waals surface area contributed by atoms with Crippen molar-refractivity contribution in [3.05, 3.63) is 84.4 Å². The Bertz CT molecular complexity index is 1010. The number of aromatic nitrogens is 2. The molecule has 4 nitrogen and oxygen atoms in total. The third-order valence-corrected chi connectivity index (χ3v) is 3.93. The van der Waals surface area contributed by atoms with E-state index in [0.717, 1.165) is 21.5 Å². The fraction of sp³-hybridized carbons (Fsp3) is 0. The minimum absolute atomic E-state index is 0.133. The van der Waals surface area contributed by atoms with Gasteiger partial charge in [-0.05, 0) is 22.9 Å². The molecule has 4 aromatic rings. The third-order valence-electron chi connectivity index (χ3n) is 3.93. The molecule has 0 N–H and O–H groups in total. The van der Waals surface area contributed by atoms with Crippen LogP contribution in [0, 0.1) is 0 Å². The lowest BCUT2D eigenvalue weighted by Gasteiger charge is -2.03. The van der Waals surface area contributed by atoms with Crippen LogP contribution in [0.25, 0.3) is 21.5 Å². The fourth-order valence-corrected chi connectivity index (χ4v) is 2.65. The lowest BCUT2D eigenvalue weighted by Crippen LogP contribution is -2.17. The number of carbonyl (C=O) groups is 2. The first-order valence-electron chi connectivity index (χ1n) is 7.51. The largest absolute Gasteiger partial charge is 0.283 e. The number of benzene rings is 2. The molecule has 4 heteroatoms. The molecule has 0 radical (unpaired) electrons. The molecule has 2 aromatic carbocycles. The molecule has 0 spiro atoms. The Labute approximate surface area is 137 Å². The van der Waals surface area contributed by atoms with Crippen molar-refractivity contribution in [2.45, 2.75) is 0 Å². The standard InChI is InChI=1S/C20H12N2O2/c23-19(17-9-13-5-1-3-7-15(13)11-21-17)20(24)18-10-14-6-2-4-8-16(14)12-22-18/h1-12H. The van der Waals surface area contributed by atoms with Crippen LogP contribution < -0.4 is 0 Å². The minimum atomic E-state index is -0.650. The Morgan fingerprint density at radius 2 is 0.958 bits per heavy atom. The zero-order valence-corrected chi connectivity index (χ0v) is 12.6. The zero-order valence-electron chi connectivity index (χ0n) is 12.6. The van der Waals surface area contributed by atoms with Gasteiger partial charge in [-0.25, -0.2) is 0 Å². The summed E-state index contributed by atoms with van der Waals surface area (Å²) in [5.74, 6) is -1.30. The zero-order chi connectivity index (χ0) is 16.5. The van der Waals surface area contributed by atoms with E-state index in [1.165, 1.54) is 0 Å². The van der Waals surface area contributed by atoms with Gasteiger partial charge in [0.05, 0.1) is 0 Å². The predicted octanol–water partition coefficient (Wildman–Crippen LogP) is 3.85. The average molecular weight is 312 g/mol. The summed E-state index contributed by atoms with van der Waals surface area (Å²) in [6.07, 6.45) is 3.20. The highest BCUT2D eigenvalue weighted by molar-refractivity contribution is 6.48. The van der Waals surface area contributed by atoms with Crippen molar-refractivity contribution in [1.29, 1.82) is 0 Å². The molecule has 0 aliphatic carbocycles. The van der Waals surface area contributed by atoms with Gasteiger partial charge in [-0.1, -0.05) is 48.5 Å². The quantitative estimate of drug-likeness (QED) is 0.426. The van der Waals surface area contributed by atoms with E-state index in [1.54, 1.807) is 24.5 Å². The van der Waals surface area contributed by atoms with E-state index in [1.807, 2.05) is 48.5 Å². The first kappa shape index (κ1) is 14.2. The summed E-state index contributed by atoms with van der Waals surface area (Å²) in [7, 11) is 0.